The molecule has 2 aromatic carbocycles. The highest BCUT2D eigenvalue weighted by molar-refractivity contribution is 7.92. The maximum Gasteiger partial charge on any atom is 0.242 e. The number of hydrogen-bond donors (Lipinski definition) is 1. The molecular formula is C25H33Cl2N3O5S. The minimum atomic E-state index is -3.63. The molecule has 0 radical (unpaired) electrons. The number of ether oxygens (including phenoxy) is 1. The second-order valence-electron chi connectivity index (χ2n) is 8.33. The number of rotatable bonds is 13. The van der Waals surface area contributed by atoms with Gasteiger partial charge in [-0.3, -0.25) is 13.9 Å². The van der Waals surface area contributed by atoms with Crippen LogP contribution in [0.4, 0.5) is 5.69 Å². The molecule has 0 fully saturated rings. The summed E-state index contributed by atoms with van der Waals surface area (Å²) in [6, 6.07) is 11.0. The van der Waals surface area contributed by atoms with Gasteiger partial charge in [0.1, 0.15) is 11.8 Å². The van der Waals surface area contributed by atoms with Crippen molar-refractivity contribution >= 4 is 50.7 Å². The fourth-order valence-corrected chi connectivity index (χ4v) is 5.07. The lowest BCUT2D eigenvalue weighted by Crippen LogP contribution is -2.48. The van der Waals surface area contributed by atoms with E-state index in [4.69, 9.17) is 27.9 Å². The molecular weight excluding hydrogens is 525 g/mol. The van der Waals surface area contributed by atoms with Gasteiger partial charge in [-0.05, 0) is 49.6 Å². The summed E-state index contributed by atoms with van der Waals surface area (Å²) in [7, 11) is -2.17. The first-order valence-corrected chi connectivity index (χ1v) is 14.2. The number of amides is 2. The first-order chi connectivity index (χ1) is 17.0. The number of sulfonamides is 1. The number of para-hydroxylation sites is 2. The Kier molecular flexibility index (Phi) is 11.3. The molecule has 0 saturated carbocycles. The van der Waals surface area contributed by atoms with E-state index in [1.54, 1.807) is 49.4 Å². The van der Waals surface area contributed by atoms with E-state index in [0.717, 1.165) is 12.7 Å². The van der Waals surface area contributed by atoms with Crippen LogP contribution >= 0.6 is 23.2 Å². The predicted octanol–water partition coefficient (Wildman–Crippen LogP) is 4.49. The van der Waals surface area contributed by atoms with E-state index in [0.29, 0.717) is 33.6 Å². The van der Waals surface area contributed by atoms with E-state index >= 15 is 0 Å². The Hall–Kier alpha value is -2.49. The summed E-state index contributed by atoms with van der Waals surface area (Å²) in [4.78, 5) is 27.5. The minimum Gasteiger partial charge on any atom is -0.495 e. The number of carbonyl (C=O) groups excluding carboxylic acids is 2. The molecule has 2 aromatic rings. The fraction of sp³-hybridized carbons (Fsp3) is 0.440. The van der Waals surface area contributed by atoms with Crippen LogP contribution in [0, 0.1) is 0 Å². The summed E-state index contributed by atoms with van der Waals surface area (Å²) >= 11 is 12.3. The molecule has 0 saturated heterocycles. The molecule has 0 aliphatic carbocycles. The molecule has 0 heterocycles. The van der Waals surface area contributed by atoms with E-state index < -0.39 is 16.1 Å². The molecule has 36 heavy (non-hydrogen) atoms. The predicted molar refractivity (Wildman–Crippen MR) is 144 cm³/mol. The van der Waals surface area contributed by atoms with Crippen LogP contribution in [0.3, 0.4) is 0 Å². The molecule has 1 unspecified atom stereocenters. The van der Waals surface area contributed by atoms with Crippen molar-refractivity contribution in [2.75, 3.05) is 30.8 Å². The molecule has 0 aliphatic rings. The molecule has 1 atom stereocenters. The van der Waals surface area contributed by atoms with E-state index in [1.807, 2.05) is 6.92 Å². The summed E-state index contributed by atoms with van der Waals surface area (Å²) in [6.45, 7) is 4.27. The Balaban J connectivity index is 2.22. The first kappa shape index (κ1) is 29.7. The molecule has 1 N–H and O–H groups in total. The van der Waals surface area contributed by atoms with E-state index in [2.05, 4.69) is 5.32 Å². The van der Waals surface area contributed by atoms with Crippen molar-refractivity contribution in [3.8, 4) is 5.75 Å². The number of carbonyl (C=O) groups is 2. The largest absolute Gasteiger partial charge is 0.495 e. The van der Waals surface area contributed by atoms with Gasteiger partial charge in [0.25, 0.3) is 0 Å². The Labute approximate surface area is 223 Å². The van der Waals surface area contributed by atoms with Crippen molar-refractivity contribution in [1.82, 2.24) is 10.2 Å². The Morgan fingerprint density at radius 1 is 1.14 bits per heavy atom. The molecule has 11 heteroatoms. The van der Waals surface area contributed by atoms with E-state index in [9.17, 15) is 18.0 Å². The van der Waals surface area contributed by atoms with E-state index in [1.165, 1.54) is 16.3 Å². The van der Waals surface area contributed by atoms with Crippen LogP contribution in [-0.4, -0.2) is 57.6 Å². The summed E-state index contributed by atoms with van der Waals surface area (Å²) in [6.07, 6.45) is 2.13. The normalized spacial score (nSPS) is 12.1. The van der Waals surface area contributed by atoms with Crippen molar-refractivity contribution in [2.24, 2.45) is 0 Å². The van der Waals surface area contributed by atoms with Crippen molar-refractivity contribution in [2.45, 2.75) is 45.7 Å². The summed E-state index contributed by atoms with van der Waals surface area (Å²) < 4.78 is 31.6. The zero-order valence-electron chi connectivity index (χ0n) is 21.0. The Bertz CT molecular complexity index is 1160. The Morgan fingerprint density at radius 3 is 2.44 bits per heavy atom. The van der Waals surface area contributed by atoms with Crippen LogP contribution in [0.25, 0.3) is 0 Å². The van der Waals surface area contributed by atoms with Crippen LogP contribution in [0.2, 0.25) is 10.0 Å². The lowest BCUT2D eigenvalue weighted by atomic mass is 10.1. The zero-order valence-corrected chi connectivity index (χ0v) is 23.3. The second kappa shape index (κ2) is 13.7. The smallest absolute Gasteiger partial charge is 0.242 e. The highest BCUT2D eigenvalue weighted by Gasteiger charge is 2.27. The van der Waals surface area contributed by atoms with Gasteiger partial charge in [-0.1, -0.05) is 48.3 Å². The highest BCUT2D eigenvalue weighted by Crippen LogP contribution is 2.30. The van der Waals surface area contributed by atoms with Gasteiger partial charge in [0.05, 0.1) is 19.1 Å². The molecule has 2 amide bonds. The third-order valence-corrected chi connectivity index (χ3v) is 7.35. The van der Waals surface area contributed by atoms with Gasteiger partial charge < -0.3 is 15.0 Å². The van der Waals surface area contributed by atoms with Crippen LogP contribution in [-0.2, 0) is 26.2 Å². The first-order valence-electron chi connectivity index (χ1n) is 11.6. The Morgan fingerprint density at radius 2 is 1.83 bits per heavy atom. The van der Waals surface area contributed by atoms with Gasteiger partial charge in [0.2, 0.25) is 21.8 Å². The van der Waals surface area contributed by atoms with Crippen LogP contribution in [0.5, 0.6) is 5.75 Å². The average molecular weight is 559 g/mol. The maximum absolute atomic E-state index is 13.3. The van der Waals surface area contributed by atoms with Crippen LogP contribution in [0.1, 0.15) is 38.7 Å². The number of benzene rings is 2. The second-order valence-corrected chi connectivity index (χ2v) is 11.1. The van der Waals surface area contributed by atoms with Gasteiger partial charge >= 0.3 is 0 Å². The topological polar surface area (TPSA) is 96.0 Å². The maximum atomic E-state index is 13.3. The van der Waals surface area contributed by atoms with Gasteiger partial charge in [-0.25, -0.2) is 8.42 Å². The minimum absolute atomic E-state index is 0.0256. The number of hydrogen-bond acceptors (Lipinski definition) is 5. The van der Waals surface area contributed by atoms with E-state index in [-0.39, 0.29) is 37.7 Å². The lowest BCUT2D eigenvalue weighted by molar-refractivity contribution is -0.140. The standard InChI is InChI=1S/C25H33Cl2N3O5S/c1-5-14-28-25(32)18(2)29(17-19-12-13-20(26)16-21(19)27)24(31)11-8-15-30(36(4,33)34)22-9-6-7-10-23(22)35-3/h6-7,9-10,12-13,16,18H,5,8,11,14-15,17H2,1-4H3,(H,28,32). The molecule has 8 nitrogen and oxygen atoms in total. The summed E-state index contributed by atoms with van der Waals surface area (Å²) in [5.74, 6) is -0.162. The number of nitrogens with one attached hydrogen (secondary N) is 1. The molecule has 0 bridgehead atoms. The number of methoxy groups -OCH3 is 1. The third kappa shape index (κ3) is 8.28. The van der Waals surface area contributed by atoms with Crippen molar-refractivity contribution in [3.63, 3.8) is 0 Å². The zero-order chi connectivity index (χ0) is 26.9. The van der Waals surface area contributed by atoms with Gasteiger partial charge in [0, 0.05) is 36.1 Å². The van der Waals surface area contributed by atoms with Crippen molar-refractivity contribution < 1.29 is 22.7 Å². The monoisotopic (exact) mass is 557 g/mol. The SMILES string of the molecule is CCCNC(=O)C(C)N(Cc1ccc(Cl)cc1Cl)C(=O)CCCN(c1ccccc1OC)S(C)(=O)=O. The van der Waals surface area contributed by atoms with Gasteiger partial charge in [-0.2, -0.15) is 0 Å². The van der Waals surface area contributed by atoms with Crippen molar-refractivity contribution in [1.29, 1.82) is 0 Å². The third-order valence-electron chi connectivity index (χ3n) is 5.58. The molecule has 0 aliphatic heterocycles. The molecule has 2 rings (SSSR count). The number of nitrogens with zero attached hydrogens (tertiary/aromatic N) is 2. The number of halogens is 2. The summed E-state index contributed by atoms with van der Waals surface area (Å²) in [5.41, 5.74) is 1.04. The molecule has 0 aromatic heterocycles. The van der Waals surface area contributed by atoms with Crippen molar-refractivity contribution in [3.05, 3.63) is 58.1 Å². The number of anilines is 1. The van der Waals surface area contributed by atoms with Gasteiger partial charge in [-0.15, -0.1) is 0 Å². The van der Waals surface area contributed by atoms with Crippen LogP contribution < -0.4 is 14.4 Å². The molecule has 0 spiro atoms. The van der Waals surface area contributed by atoms with Crippen LogP contribution in [0.15, 0.2) is 42.5 Å². The fourth-order valence-electron chi connectivity index (χ4n) is 3.63. The van der Waals surface area contributed by atoms with Gasteiger partial charge in [0.15, 0.2) is 0 Å². The highest BCUT2D eigenvalue weighted by atomic mass is 35.5. The quantitative estimate of drug-likeness (QED) is 0.391. The average Bonchev–Trinajstić information content (AvgIpc) is 2.83. The summed E-state index contributed by atoms with van der Waals surface area (Å²) in [5, 5.41) is 3.67. The molecule has 198 valence electrons. The lowest BCUT2D eigenvalue weighted by Gasteiger charge is -2.30.